The van der Waals surface area contributed by atoms with Gasteiger partial charge in [-0.05, 0) is 54.2 Å². The topological polar surface area (TPSA) is 187 Å². The molecule has 0 aliphatic carbocycles. The lowest BCUT2D eigenvalue weighted by molar-refractivity contribution is -0.142. The molecule has 41 heavy (non-hydrogen) atoms. The Morgan fingerprint density at radius 1 is 0.927 bits per heavy atom. The number of hydrogen-bond acceptors (Lipinski definition) is 8. The molecule has 0 radical (unpaired) electrons. The van der Waals surface area contributed by atoms with Crippen molar-refractivity contribution in [3.05, 3.63) is 65.9 Å². The molecule has 0 spiro atoms. The number of nitrogens with two attached hydrogens (primary N) is 1. The van der Waals surface area contributed by atoms with E-state index in [1.54, 1.807) is 18.3 Å². The van der Waals surface area contributed by atoms with E-state index in [-0.39, 0.29) is 30.8 Å². The van der Waals surface area contributed by atoms with Gasteiger partial charge < -0.3 is 36.9 Å². The van der Waals surface area contributed by atoms with Crippen LogP contribution in [0.3, 0.4) is 0 Å². The van der Waals surface area contributed by atoms with Crippen LogP contribution in [-0.4, -0.2) is 80.8 Å². The molecule has 0 saturated heterocycles. The summed E-state index contributed by atoms with van der Waals surface area (Å²) in [5.41, 5.74) is 8.55. The van der Waals surface area contributed by atoms with Gasteiger partial charge in [0.25, 0.3) is 0 Å². The molecule has 220 valence electrons. The van der Waals surface area contributed by atoms with Gasteiger partial charge in [-0.1, -0.05) is 30.3 Å². The number of H-pyrrole nitrogens is 1. The molecule has 2 aromatic carbocycles. The minimum absolute atomic E-state index is 0.0139. The van der Waals surface area contributed by atoms with Gasteiger partial charge in [-0.3, -0.25) is 14.4 Å². The zero-order valence-electron chi connectivity index (χ0n) is 22.5. The van der Waals surface area contributed by atoms with Crippen LogP contribution in [0.15, 0.2) is 54.7 Å². The van der Waals surface area contributed by atoms with Crippen LogP contribution in [0.2, 0.25) is 0 Å². The second kappa shape index (κ2) is 15.4. The number of phenolic OH excluding ortho intramolecular Hbond substituents is 1. The van der Waals surface area contributed by atoms with Crippen LogP contribution in [0.1, 0.15) is 17.5 Å². The molecule has 4 atom stereocenters. The number of fused-ring (bicyclic) bond motifs is 1. The first-order chi connectivity index (χ1) is 19.6. The molecule has 3 amide bonds. The molecule has 8 N–H and O–H groups in total. The summed E-state index contributed by atoms with van der Waals surface area (Å²) in [4.78, 5) is 54.1. The van der Waals surface area contributed by atoms with E-state index in [1.807, 2.05) is 30.5 Å². The quantitative estimate of drug-likeness (QED) is 0.119. The molecule has 3 rings (SSSR count). The van der Waals surface area contributed by atoms with Crippen LogP contribution in [0.5, 0.6) is 5.75 Å². The highest BCUT2D eigenvalue weighted by molar-refractivity contribution is 7.98. The summed E-state index contributed by atoms with van der Waals surface area (Å²) in [6.45, 7) is 0. The number of aromatic hydroxyl groups is 1. The van der Waals surface area contributed by atoms with Crippen molar-refractivity contribution in [2.24, 2.45) is 5.73 Å². The number of carboxylic acids is 1. The number of phenols is 1. The molecule has 0 aliphatic rings. The molecule has 1 heterocycles. The summed E-state index contributed by atoms with van der Waals surface area (Å²) < 4.78 is 0. The number of aliphatic carboxylic acids is 1. The largest absolute Gasteiger partial charge is 0.508 e. The van der Waals surface area contributed by atoms with Crippen molar-refractivity contribution in [2.45, 2.75) is 43.4 Å². The number of aromatic amines is 1. The fourth-order valence-electron chi connectivity index (χ4n) is 4.22. The maximum Gasteiger partial charge on any atom is 0.326 e. The van der Waals surface area contributed by atoms with Crippen molar-refractivity contribution < 1.29 is 29.4 Å². The van der Waals surface area contributed by atoms with Crippen molar-refractivity contribution in [1.82, 2.24) is 20.9 Å². The Morgan fingerprint density at radius 2 is 1.56 bits per heavy atom. The van der Waals surface area contributed by atoms with Gasteiger partial charge in [0.2, 0.25) is 17.7 Å². The first-order valence-corrected chi connectivity index (χ1v) is 15.0. The number of carbonyl (C=O) groups is 4. The van der Waals surface area contributed by atoms with E-state index in [0.29, 0.717) is 11.3 Å². The van der Waals surface area contributed by atoms with Gasteiger partial charge in [0.05, 0.1) is 6.04 Å². The monoisotopic (exact) mass is 601 g/mol. The van der Waals surface area contributed by atoms with Crippen molar-refractivity contribution >= 4 is 59.0 Å². The van der Waals surface area contributed by atoms with E-state index in [2.05, 4.69) is 33.6 Å². The highest BCUT2D eigenvalue weighted by Gasteiger charge is 2.30. The normalized spacial score (nSPS) is 14.0. The number of hydrogen-bond donors (Lipinski definition) is 8. The molecule has 0 fully saturated rings. The predicted octanol–water partition coefficient (Wildman–Crippen LogP) is 1.21. The van der Waals surface area contributed by atoms with E-state index >= 15 is 0 Å². The summed E-state index contributed by atoms with van der Waals surface area (Å²) in [6, 6.07) is 9.31. The zero-order valence-corrected chi connectivity index (χ0v) is 24.2. The number of nitrogens with one attached hydrogen (secondary N) is 4. The summed E-state index contributed by atoms with van der Waals surface area (Å²) in [5.74, 6) is -2.65. The van der Waals surface area contributed by atoms with Crippen molar-refractivity contribution in [2.75, 3.05) is 17.8 Å². The van der Waals surface area contributed by atoms with Crippen LogP contribution in [0, 0.1) is 0 Å². The van der Waals surface area contributed by atoms with Crippen molar-refractivity contribution in [3.63, 3.8) is 0 Å². The number of benzene rings is 2. The molecule has 0 aliphatic heterocycles. The summed E-state index contributed by atoms with van der Waals surface area (Å²) >= 11 is 5.66. The summed E-state index contributed by atoms with van der Waals surface area (Å²) in [7, 11) is 0. The number of rotatable bonds is 15. The Bertz CT molecular complexity index is 1350. The van der Waals surface area contributed by atoms with E-state index in [9.17, 15) is 29.4 Å². The number of thiol groups is 1. The van der Waals surface area contributed by atoms with E-state index in [4.69, 9.17) is 5.73 Å². The molecule has 13 heteroatoms. The maximum atomic E-state index is 13.2. The standard InChI is InChI=1S/C28H35N5O6S2/c1-41-11-10-22(28(38)39)31-26(36)23(12-16-6-8-18(34)9-7-16)32-27(37)24(15-40)33-25(35)20(29)13-17-14-30-21-5-3-2-4-19(17)21/h2-9,14,20,22-24,30,34,40H,10-13,15,29H2,1H3,(H,31,36)(H,32,37)(H,33,35)(H,38,39). The Kier molecular flexibility index (Phi) is 11.9. The van der Waals surface area contributed by atoms with E-state index in [0.717, 1.165) is 16.5 Å². The average Bonchev–Trinajstić information content (AvgIpc) is 3.36. The van der Waals surface area contributed by atoms with Gasteiger partial charge >= 0.3 is 5.97 Å². The highest BCUT2D eigenvalue weighted by Crippen LogP contribution is 2.19. The van der Waals surface area contributed by atoms with Crippen molar-refractivity contribution in [1.29, 1.82) is 0 Å². The number of para-hydroxylation sites is 1. The van der Waals surface area contributed by atoms with Crippen LogP contribution in [0.25, 0.3) is 10.9 Å². The summed E-state index contributed by atoms with van der Waals surface area (Å²) in [5, 5.41) is 27.8. The van der Waals surface area contributed by atoms with E-state index in [1.165, 1.54) is 23.9 Å². The SMILES string of the molecule is CSCCC(NC(=O)C(Cc1ccc(O)cc1)NC(=O)C(CS)NC(=O)C(N)Cc1c[nH]c2ccccc12)C(=O)O. The van der Waals surface area contributed by atoms with Crippen LogP contribution in [-0.2, 0) is 32.0 Å². The third kappa shape index (κ3) is 9.17. The van der Waals surface area contributed by atoms with Gasteiger partial charge in [-0.2, -0.15) is 24.4 Å². The van der Waals surface area contributed by atoms with Gasteiger partial charge in [-0.25, -0.2) is 4.79 Å². The van der Waals surface area contributed by atoms with Gasteiger partial charge in [0, 0.05) is 29.3 Å². The zero-order chi connectivity index (χ0) is 29.9. The van der Waals surface area contributed by atoms with Crippen LogP contribution < -0.4 is 21.7 Å². The molecular formula is C28H35N5O6S2. The predicted molar refractivity (Wildman–Crippen MR) is 162 cm³/mol. The van der Waals surface area contributed by atoms with Crippen LogP contribution in [0.4, 0.5) is 0 Å². The number of amides is 3. The van der Waals surface area contributed by atoms with Gasteiger partial charge in [0.1, 0.15) is 23.9 Å². The minimum atomic E-state index is -1.19. The summed E-state index contributed by atoms with van der Waals surface area (Å²) in [6.07, 6.45) is 4.06. The first kappa shape index (κ1) is 31.8. The highest BCUT2D eigenvalue weighted by atomic mass is 32.2. The number of carbonyl (C=O) groups excluding carboxylic acids is 3. The fourth-order valence-corrected chi connectivity index (χ4v) is 4.95. The molecular weight excluding hydrogens is 566 g/mol. The molecule has 1 aromatic heterocycles. The second-order valence-electron chi connectivity index (χ2n) is 9.53. The molecule has 3 aromatic rings. The molecule has 4 unspecified atom stereocenters. The van der Waals surface area contributed by atoms with E-state index < -0.39 is 47.9 Å². The Labute approximate surface area is 247 Å². The van der Waals surface area contributed by atoms with Gasteiger partial charge in [0.15, 0.2) is 0 Å². The third-order valence-corrected chi connectivity index (χ3v) is 7.51. The van der Waals surface area contributed by atoms with Crippen molar-refractivity contribution in [3.8, 4) is 5.75 Å². The van der Waals surface area contributed by atoms with Crippen LogP contribution >= 0.6 is 24.4 Å². The third-order valence-electron chi connectivity index (χ3n) is 6.50. The first-order valence-electron chi connectivity index (χ1n) is 12.9. The number of aromatic nitrogens is 1. The lowest BCUT2D eigenvalue weighted by atomic mass is 10.0. The molecule has 11 nitrogen and oxygen atoms in total. The lowest BCUT2D eigenvalue weighted by Crippen LogP contribution is -2.58. The minimum Gasteiger partial charge on any atom is -0.508 e. The Morgan fingerprint density at radius 3 is 2.22 bits per heavy atom. The van der Waals surface area contributed by atoms with Gasteiger partial charge in [-0.15, -0.1) is 0 Å². The number of carboxylic acid groups (broad SMARTS) is 1. The molecule has 0 saturated carbocycles. The Balaban J connectivity index is 1.70. The average molecular weight is 602 g/mol. The maximum absolute atomic E-state index is 13.2. The number of thioether (sulfide) groups is 1. The lowest BCUT2D eigenvalue weighted by Gasteiger charge is -2.24. The Hall–Kier alpha value is -3.68. The molecule has 0 bridgehead atoms. The smallest absolute Gasteiger partial charge is 0.326 e. The fraction of sp³-hybridized carbons (Fsp3) is 0.357. The second-order valence-corrected chi connectivity index (χ2v) is 10.9.